The topological polar surface area (TPSA) is 304 Å². The molecule has 4 aromatic heterocycles. The van der Waals surface area contributed by atoms with Crippen molar-refractivity contribution < 1.29 is 51.6 Å². The van der Waals surface area contributed by atoms with Crippen molar-refractivity contribution in [2.75, 3.05) is 31.8 Å². The van der Waals surface area contributed by atoms with Crippen LogP contribution in [0.2, 0.25) is 0 Å². The smallest absolute Gasteiger partial charge is 0.388 e. The van der Waals surface area contributed by atoms with Gasteiger partial charge in [0.05, 0.1) is 30.5 Å². The minimum atomic E-state index is -5.02. The Hall–Kier alpha value is -2.98. The quantitative estimate of drug-likeness (QED) is 0.155. The number of fused-ring (bicyclic) bond motifs is 5. The molecule has 21 nitrogen and oxygen atoms in total. The minimum absolute atomic E-state index is 0.0523. The van der Waals surface area contributed by atoms with Crippen LogP contribution in [0.1, 0.15) is 30.9 Å². The summed E-state index contributed by atoms with van der Waals surface area (Å²) in [7, 11) is -8.75. The van der Waals surface area contributed by atoms with Gasteiger partial charge in [-0.3, -0.25) is 27.9 Å². The van der Waals surface area contributed by atoms with Gasteiger partial charge in [0.1, 0.15) is 54.0 Å². The number of rotatable bonds is 3. The fourth-order valence-corrected chi connectivity index (χ4v) is 9.66. The fraction of sp³-hybridized carbons (Fsp3) is 0.583. The van der Waals surface area contributed by atoms with Gasteiger partial charge < -0.3 is 40.4 Å². The minimum Gasteiger partial charge on any atom is -0.388 e. The second-order valence-electron chi connectivity index (χ2n) is 12.0. The maximum atomic E-state index is 13.7. The number of hydrogen-bond acceptors (Lipinski definition) is 18. The van der Waals surface area contributed by atoms with E-state index in [9.17, 15) is 28.8 Å². The van der Waals surface area contributed by atoms with E-state index < -0.39 is 88.4 Å². The van der Waals surface area contributed by atoms with Crippen molar-refractivity contribution in [2.45, 2.75) is 56.5 Å². The van der Waals surface area contributed by atoms with Gasteiger partial charge in [-0.05, 0) is 17.5 Å². The van der Waals surface area contributed by atoms with E-state index in [4.69, 9.17) is 39.0 Å². The third-order valence-corrected chi connectivity index (χ3v) is 12.1. The van der Waals surface area contributed by atoms with Gasteiger partial charge in [0.25, 0.3) is 5.56 Å². The van der Waals surface area contributed by atoms with Crippen molar-refractivity contribution in [3.63, 3.8) is 0 Å². The summed E-state index contributed by atoms with van der Waals surface area (Å²) in [5.41, 5.74) is 10.2. The molecule has 0 aromatic carbocycles. The highest BCUT2D eigenvalue weighted by atomic mass is 32.1. The number of aromatic amines is 1. The SMILES string of the molecule is CO[C@H]1[C@H]2OP(=O)(O)OC[C@@]3(C)[C@H](C)[C@@H](n4cnc5c(N)ncnc54)[C@H](O)[C@@H]3OP(=O)(O)OC[C@H]1O[C@H]2c1snc2c(=O)[nH]c(N)nc12. The summed E-state index contributed by atoms with van der Waals surface area (Å²) in [5.74, 6) is -0.799. The number of hydrogen-bond donors (Lipinski definition) is 6. The van der Waals surface area contributed by atoms with Crippen LogP contribution in [0.5, 0.6) is 0 Å². The first-order valence-corrected chi connectivity index (χ1v) is 18.2. The van der Waals surface area contributed by atoms with Gasteiger partial charge in [-0.15, -0.1) is 0 Å². The number of aliphatic hydroxyl groups is 1. The lowest BCUT2D eigenvalue weighted by Gasteiger charge is -2.36. The zero-order valence-corrected chi connectivity index (χ0v) is 27.9. The van der Waals surface area contributed by atoms with Crippen LogP contribution >= 0.6 is 27.2 Å². The molecule has 2 unspecified atom stereocenters. The third kappa shape index (κ3) is 5.45. The van der Waals surface area contributed by atoms with Crippen molar-refractivity contribution in [3.8, 4) is 0 Å². The standard InChI is InChI=1S/C24H31N9O12P2S/c1-8-13(33-7-29-12-20(25)27-6-28-21(12)33)14(34)19-24(8,2)5-42-47(38,39)44-16-15(40-3)9(4-41-46(36,37)45-19)43-17(16)18-10-11(32-48-18)22(35)31-23(26)30-10/h6-9,13-17,19,34H,4-5H2,1-3H3,(H,36,37)(H,38,39)(H2,25,27,28)(H3,26,30,31,35)/t8-,9-,13-,14+,15-,16-,17-,19+,24+/m1/s1. The average Bonchev–Trinajstić information content (AvgIpc) is 3.76. The van der Waals surface area contributed by atoms with Gasteiger partial charge in [-0.25, -0.2) is 29.1 Å². The summed E-state index contributed by atoms with van der Waals surface area (Å²) in [6.07, 6.45) is -5.42. The zero-order chi connectivity index (χ0) is 34.3. The van der Waals surface area contributed by atoms with E-state index in [0.717, 1.165) is 11.5 Å². The first-order chi connectivity index (χ1) is 22.6. The maximum Gasteiger partial charge on any atom is 0.472 e. The Balaban J connectivity index is 1.27. The fourth-order valence-electron chi connectivity index (χ4n) is 6.69. The Morgan fingerprint density at radius 3 is 2.62 bits per heavy atom. The van der Waals surface area contributed by atoms with E-state index in [-0.39, 0.29) is 38.8 Å². The molecule has 4 aromatic rings. The molecule has 11 atom stereocenters. The van der Waals surface area contributed by atoms with E-state index >= 15 is 0 Å². The van der Waals surface area contributed by atoms with E-state index in [1.807, 2.05) is 0 Å². The molecular formula is C24H31N9O12P2S. The highest BCUT2D eigenvalue weighted by molar-refractivity contribution is 7.47. The van der Waals surface area contributed by atoms with Crippen molar-refractivity contribution in [1.29, 1.82) is 0 Å². The predicted octanol–water partition coefficient (Wildman–Crippen LogP) is 0.415. The van der Waals surface area contributed by atoms with Crippen LogP contribution in [0.15, 0.2) is 17.4 Å². The highest BCUT2D eigenvalue weighted by Gasteiger charge is 2.61. The maximum absolute atomic E-state index is 13.7. The summed E-state index contributed by atoms with van der Waals surface area (Å²) in [4.78, 5) is 53.6. The molecule has 48 heavy (non-hydrogen) atoms. The summed E-state index contributed by atoms with van der Waals surface area (Å²) < 4.78 is 66.8. The van der Waals surface area contributed by atoms with E-state index in [1.165, 1.54) is 24.3 Å². The molecule has 0 amide bonds. The number of methoxy groups -OCH3 is 1. The Labute approximate surface area is 273 Å². The number of nitrogens with one attached hydrogen (secondary N) is 1. The highest BCUT2D eigenvalue weighted by Crippen LogP contribution is 2.60. The number of phosphoric ester groups is 2. The number of nitrogens with two attached hydrogens (primary N) is 2. The summed E-state index contributed by atoms with van der Waals surface area (Å²) in [5, 5.41) is 11.7. The van der Waals surface area contributed by atoms with Crippen LogP contribution in [0.25, 0.3) is 22.2 Å². The zero-order valence-electron chi connectivity index (χ0n) is 25.3. The lowest BCUT2D eigenvalue weighted by molar-refractivity contribution is -0.0631. The molecule has 1 saturated carbocycles. The molecule has 7 rings (SSSR count). The molecule has 3 fully saturated rings. The second-order valence-corrected chi connectivity index (χ2v) is 15.6. The number of imidazole rings is 1. The van der Waals surface area contributed by atoms with Gasteiger partial charge >= 0.3 is 15.6 Å². The number of ether oxygens (including phenoxy) is 2. The number of nitrogen functional groups attached to an aromatic ring is 2. The van der Waals surface area contributed by atoms with Gasteiger partial charge in [-0.2, -0.15) is 4.37 Å². The molecule has 2 saturated heterocycles. The molecule has 0 radical (unpaired) electrons. The van der Waals surface area contributed by atoms with Gasteiger partial charge in [0.2, 0.25) is 5.95 Å². The van der Waals surface area contributed by atoms with Crippen molar-refractivity contribution in [3.05, 3.63) is 27.9 Å². The largest absolute Gasteiger partial charge is 0.472 e. The molecule has 1 aliphatic carbocycles. The lowest BCUT2D eigenvalue weighted by atomic mass is 9.79. The van der Waals surface area contributed by atoms with Gasteiger partial charge in [-0.1, -0.05) is 13.8 Å². The molecular weight excluding hydrogens is 700 g/mol. The molecule has 2 aliphatic heterocycles. The van der Waals surface area contributed by atoms with Crippen LogP contribution in [0, 0.1) is 11.3 Å². The predicted molar refractivity (Wildman–Crippen MR) is 164 cm³/mol. The summed E-state index contributed by atoms with van der Waals surface area (Å²) >= 11 is 0.810. The van der Waals surface area contributed by atoms with Crippen molar-refractivity contribution in [1.82, 2.24) is 33.9 Å². The number of aromatic nitrogens is 7. The Kier molecular flexibility index (Phi) is 8.25. The second kappa shape index (κ2) is 11.8. The molecule has 8 N–H and O–H groups in total. The number of anilines is 2. The van der Waals surface area contributed by atoms with Crippen LogP contribution in [-0.4, -0.2) is 99.6 Å². The van der Waals surface area contributed by atoms with Gasteiger partial charge in [0.15, 0.2) is 17.0 Å². The number of nitrogens with zero attached hydrogens (tertiary/aromatic N) is 6. The first-order valence-electron chi connectivity index (χ1n) is 14.4. The van der Waals surface area contributed by atoms with Crippen LogP contribution < -0.4 is 17.0 Å². The van der Waals surface area contributed by atoms with Crippen LogP contribution in [0.3, 0.4) is 0 Å². The van der Waals surface area contributed by atoms with E-state index in [1.54, 1.807) is 13.8 Å². The van der Waals surface area contributed by atoms with E-state index in [2.05, 4.69) is 29.3 Å². The Bertz CT molecular complexity index is 2050. The van der Waals surface area contributed by atoms with Crippen LogP contribution in [-0.2, 0) is 36.7 Å². The molecule has 260 valence electrons. The number of H-pyrrole nitrogens is 1. The summed E-state index contributed by atoms with van der Waals surface area (Å²) in [6.45, 7) is 2.01. The normalized spacial score (nSPS) is 39.2. The van der Waals surface area contributed by atoms with E-state index in [0.29, 0.717) is 0 Å². The number of aliphatic hydroxyl groups excluding tert-OH is 1. The first kappa shape index (κ1) is 33.5. The average molecular weight is 732 g/mol. The number of phosphoric acid groups is 2. The molecule has 3 aliphatic rings. The molecule has 24 heteroatoms. The van der Waals surface area contributed by atoms with Crippen molar-refractivity contribution >= 4 is 61.1 Å². The Morgan fingerprint density at radius 2 is 1.88 bits per heavy atom. The lowest BCUT2D eigenvalue weighted by Crippen LogP contribution is -2.41. The van der Waals surface area contributed by atoms with Gasteiger partial charge in [0, 0.05) is 12.5 Å². The molecule has 2 bridgehead atoms. The third-order valence-electron chi connectivity index (χ3n) is 9.24. The van der Waals surface area contributed by atoms with Crippen LogP contribution in [0.4, 0.5) is 11.8 Å². The molecule has 0 spiro atoms. The monoisotopic (exact) mass is 731 g/mol. The molecule has 6 heterocycles. The Morgan fingerprint density at radius 1 is 1.12 bits per heavy atom. The van der Waals surface area contributed by atoms with Crippen molar-refractivity contribution in [2.24, 2.45) is 11.3 Å². The summed E-state index contributed by atoms with van der Waals surface area (Å²) in [6, 6.07) is -0.903.